The van der Waals surface area contributed by atoms with Crippen molar-refractivity contribution in [1.82, 2.24) is 10.3 Å². The molecule has 0 amide bonds. The molecule has 0 saturated heterocycles. The maximum Gasteiger partial charge on any atom is 0.402 e. The second-order valence-electron chi connectivity index (χ2n) is 4.44. The van der Waals surface area contributed by atoms with Crippen LogP contribution in [0, 0.1) is 5.92 Å². The monoisotopic (exact) mass is 378 g/mol. The standard InChI is InChI=1S/C12H13BrF6N2/c1-2-21-9(4-7-3-8(13)6-20-5-7)10(11(14,15)16)12(17,18)19/h3,5-6,9-10,21H,2,4H2,1H3. The summed E-state index contributed by atoms with van der Waals surface area (Å²) in [6.45, 7) is 1.45. The number of rotatable bonds is 5. The first kappa shape index (κ1) is 18.2. The summed E-state index contributed by atoms with van der Waals surface area (Å²) in [5.74, 6) is -3.43. The molecular formula is C12H13BrF6N2. The fourth-order valence-electron chi connectivity index (χ4n) is 2.03. The third kappa shape index (κ3) is 5.46. The van der Waals surface area contributed by atoms with Crippen LogP contribution in [-0.4, -0.2) is 29.9 Å². The average molecular weight is 379 g/mol. The van der Waals surface area contributed by atoms with Crippen molar-refractivity contribution in [3.05, 3.63) is 28.5 Å². The van der Waals surface area contributed by atoms with Gasteiger partial charge in [-0.15, -0.1) is 0 Å². The molecule has 120 valence electrons. The van der Waals surface area contributed by atoms with Gasteiger partial charge in [0.05, 0.1) is 0 Å². The van der Waals surface area contributed by atoms with Crippen LogP contribution in [-0.2, 0) is 6.42 Å². The average Bonchev–Trinajstić information content (AvgIpc) is 2.25. The summed E-state index contributed by atoms with van der Waals surface area (Å²) in [7, 11) is 0. The third-order valence-electron chi connectivity index (χ3n) is 2.79. The highest BCUT2D eigenvalue weighted by atomic mass is 79.9. The third-order valence-corrected chi connectivity index (χ3v) is 3.22. The second-order valence-corrected chi connectivity index (χ2v) is 5.36. The number of hydrogen-bond donors (Lipinski definition) is 1. The maximum absolute atomic E-state index is 12.8. The molecule has 21 heavy (non-hydrogen) atoms. The van der Waals surface area contributed by atoms with Crippen LogP contribution in [0.15, 0.2) is 22.9 Å². The normalized spacial score (nSPS) is 14.5. The Morgan fingerprint density at radius 2 is 1.71 bits per heavy atom. The van der Waals surface area contributed by atoms with Gasteiger partial charge >= 0.3 is 12.4 Å². The van der Waals surface area contributed by atoms with E-state index in [0.717, 1.165) is 0 Å². The van der Waals surface area contributed by atoms with E-state index in [2.05, 4.69) is 26.2 Å². The van der Waals surface area contributed by atoms with Crippen molar-refractivity contribution in [2.24, 2.45) is 5.92 Å². The number of alkyl halides is 6. The molecule has 1 N–H and O–H groups in total. The molecule has 0 fully saturated rings. The van der Waals surface area contributed by atoms with E-state index in [-0.39, 0.29) is 12.1 Å². The van der Waals surface area contributed by atoms with E-state index in [0.29, 0.717) is 4.47 Å². The molecule has 2 nitrogen and oxygen atoms in total. The summed E-state index contributed by atoms with van der Waals surface area (Å²) < 4.78 is 77.2. The lowest BCUT2D eigenvalue weighted by Crippen LogP contribution is -2.52. The van der Waals surface area contributed by atoms with E-state index in [9.17, 15) is 26.3 Å². The first-order valence-corrected chi connectivity index (χ1v) is 6.81. The van der Waals surface area contributed by atoms with E-state index < -0.39 is 30.7 Å². The Morgan fingerprint density at radius 1 is 1.14 bits per heavy atom. The number of aromatic nitrogens is 1. The minimum absolute atomic E-state index is 0.00520. The molecule has 1 atom stereocenters. The summed E-state index contributed by atoms with van der Waals surface area (Å²) >= 11 is 3.08. The summed E-state index contributed by atoms with van der Waals surface area (Å²) in [5.41, 5.74) is 0.286. The molecule has 0 bridgehead atoms. The molecule has 1 heterocycles. The molecule has 1 aromatic heterocycles. The van der Waals surface area contributed by atoms with Crippen molar-refractivity contribution in [3.63, 3.8) is 0 Å². The predicted molar refractivity (Wildman–Crippen MR) is 68.7 cm³/mol. The molecule has 0 aliphatic heterocycles. The highest BCUT2D eigenvalue weighted by Gasteiger charge is 2.59. The number of nitrogens with one attached hydrogen (secondary N) is 1. The van der Waals surface area contributed by atoms with Crippen LogP contribution in [0.1, 0.15) is 12.5 Å². The lowest BCUT2D eigenvalue weighted by molar-refractivity contribution is -0.291. The van der Waals surface area contributed by atoms with Gasteiger partial charge in [-0.1, -0.05) is 6.92 Å². The molecule has 9 heteroatoms. The zero-order valence-corrected chi connectivity index (χ0v) is 12.5. The summed E-state index contributed by atoms with van der Waals surface area (Å²) in [5, 5.41) is 2.28. The van der Waals surface area contributed by atoms with E-state index in [1.807, 2.05) is 0 Å². The lowest BCUT2D eigenvalue weighted by atomic mass is 9.92. The number of halogens is 7. The fraction of sp³-hybridized carbons (Fsp3) is 0.583. The predicted octanol–water partition coefficient (Wildman–Crippen LogP) is 4.11. The molecule has 1 rings (SSSR count). The van der Waals surface area contributed by atoms with E-state index in [1.54, 1.807) is 0 Å². The van der Waals surface area contributed by atoms with Gasteiger partial charge in [-0.25, -0.2) is 0 Å². The Kier molecular flexibility index (Phi) is 6.03. The molecule has 0 radical (unpaired) electrons. The van der Waals surface area contributed by atoms with E-state index in [4.69, 9.17) is 0 Å². The van der Waals surface area contributed by atoms with Crippen LogP contribution >= 0.6 is 15.9 Å². The number of nitrogens with zero attached hydrogens (tertiary/aromatic N) is 1. The number of hydrogen-bond acceptors (Lipinski definition) is 2. The van der Waals surface area contributed by atoms with Crippen molar-refractivity contribution in [2.45, 2.75) is 31.7 Å². The molecular weight excluding hydrogens is 366 g/mol. The summed E-state index contributed by atoms with van der Waals surface area (Å²) in [4.78, 5) is 3.74. The topological polar surface area (TPSA) is 24.9 Å². The SMILES string of the molecule is CCNC(Cc1cncc(Br)c1)C(C(F)(F)F)C(F)(F)F. The van der Waals surface area contributed by atoms with Gasteiger partial charge in [-0.2, -0.15) is 26.3 Å². The smallest absolute Gasteiger partial charge is 0.313 e. The number of pyridine rings is 1. The van der Waals surface area contributed by atoms with Gasteiger partial charge in [0, 0.05) is 22.9 Å². The Hall–Kier alpha value is -0.830. The quantitative estimate of drug-likeness (QED) is 0.780. The first-order valence-electron chi connectivity index (χ1n) is 6.02. The molecule has 1 aromatic rings. The fourth-order valence-corrected chi connectivity index (χ4v) is 2.45. The van der Waals surface area contributed by atoms with Gasteiger partial charge in [0.15, 0.2) is 5.92 Å². The lowest BCUT2D eigenvalue weighted by Gasteiger charge is -2.31. The summed E-state index contributed by atoms with van der Waals surface area (Å²) in [6, 6.07) is -0.354. The van der Waals surface area contributed by atoms with Gasteiger partial charge in [0.25, 0.3) is 0 Å². The molecule has 0 aromatic carbocycles. The minimum Gasteiger partial charge on any atom is -0.313 e. The minimum atomic E-state index is -5.37. The van der Waals surface area contributed by atoms with Gasteiger partial charge < -0.3 is 5.32 Å². The van der Waals surface area contributed by atoms with Gasteiger partial charge in [0.1, 0.15) is 0 Å². The van der Waals surface area contributed by atoms with Crippen molar-refractivity contribution in [3.8, 4) is 0 Å². The molecule has 0 aliphatic carbocycles. The van der Waals surface area contributed by atoms with Crippen molar-refractivity contribution in [2.75, 3.05) is 6.54 Å². The maximum atomic E-state index is 12.8. The molecule has 0 aliphatic rings. The van der Waals surface area contributed by atoms with Crippen LogP contribution in [0.25, 0.3) is 0 Å². The Morgan fingerprint density at radius 3 is 2.14 bits per heavy atom. The van der Waals surface area contributed by atoms with Gasteiger partial charge in [0.2, 0.25) is 0 Å². The number of likely N-dealkylation sites (N-methyl/N-ethyl adjacent to an activating group) is 1. The van der Waals surface area contributed by atoms with Crippen molar-refractivity contribution >= 4 is 15.9 Å². The Balaban J connectivity index is 3.08. The van der Waals surface area contributed by atoms with E-state index in [1.165, 1.54) is 25.4 Å². The van der Waals surface area contributed by atoms with Crippen molar-refractivity contribution < 1.29 is 26.3 Å². The Bertz CT molecular complexity index is 446. The van der Waals surface area contributed by atoms with Crippen LogP contribution < -0.4 is 5.32 Å². The molecule has 0 spiro atoms. The molecule has 1 unspecified atom stereocenters. The highest BCUT2D eigenvalue weighted by molar-refractivity contribution is 9.10. The van der Waals surface area contributed by atoms with E-state index >= 15 is 0 Å². The van der Waals surface area contributed by atoms with Gasteiger partial charge in [-0.05, 0) is 40.5 Å². The Labute approximate surface area is 126 Å². The summed E-state index contributed by atoms with van der Waals surface area (Å²) in [6.07, 6.45) is -8.52. The first-order chi connectivity index (χ1) is 9.55. The second kappa shape index (κ2) is 6.95. The van der Waals surface area contributed by atoms with Crippen molar-refractivity contribution in [1.29, 1.82) is 0 Å². The highest BCUT2D eigenvalue weighted by Crippen LogP contribution is 2.42. The van der Waals surface area contributed by atoms with Crippen LogP contribution in [0.5, 0.6) is 0 Å². The van der Waals surface area contributed by atoms with Crippen LogP contribution in [0.2, 0.25) is 0 Å². The zero-order chi connectivity index (χ0) is 16.3. The zero-order valence-electron chi connectivity index (χ0n) is 10.9. The van der Waals surface area contributed by atoms with Crippen LogP contribution in [0.3, 0.4) is 0 Å². The van der Waals surface area contributed by atoms with Gasteiger partial charge in [-0.3, -0.25) is 4.98 Å². The van der Waals surface area contributed by atoms with Crippen LogP contribution in [0.4, 0.5) is 26.3 Å². The largest absolute Gasteiger partial charge is 0.402 e. The molecule has 0 saturated carbocycles.